The Morgan fingerprint density at radius 2 is 2.43 bits per heavy atom. The van der Waals surface area contributed by atoms with Gasteiger partial charge < -0.3 is 0 Å². The van der Waals surface area contributed by atoms with E-state index in [4.69, 9.17) is 0 Å². The van der Waals surface area contributed by atoms with Crippen LogP contribution >= 0.6 is 15.9 Å². The number of hydrogen-bond acceptors (Lipinski definition) is 3. The van der Waals surface area contributed by atoms with Crippen molar-refractivity contribution in [1.82, 2.24) is 14.9 Å². The van der Waals surface area contributed by atoms with E-state index in [1.807, 2.05) is 6.92 Å². The lowest BCUT2D eigenvalue weighted by Crippen LogP contribution is -2.26. The molecule has 1 unspecified atom stereocenters. The van der Waals surface area contributed by atoms with Crippen LogP contribution in [-0.2, 0) is 10.0 Å². The predicted octanol–water partition coefficient (Wildman–Crippen LogP) is 0.861. The first-order chi connectivity index (χ1) is 6.52. The third-order valence-electron chi connectivity index (χ3n) is 1.60. The Balaban J connectivity index is 2.52. The Labute approximate surface area is 91.5 Å². The molecule has 80 valence electrons. The van der Waals surface area contributed by atoms with Crippen LogP contribution in [0.3, 0.4) is 0 Å². The van der Waals surface area contributed by atoms with Crippen LogP contribution in [0.5, 0.6) is 0 Å². The molecule has 1 aromatic heterocycles. The van der Waals surface area contributed by atoms with Gasteiger partial charge in [0.05, 0.1) is 6.20 Å². The first-order valence-electron chi connectivity index (χ1n) is 4.15. The summed E-state index contributed by atoms with van der Waals surface area (Å²) < 4.78 is 25.4. The summed E-state index contributed by atoms with van der Waals surface area (Å²) in [6.45, 7) is 2.37. The number of sulfonamides is 1. The lowest BCUT2D eigenvalue weighted by Gasteiger charge is -2.05. The summed E-state index contributed by atoms with van der Waals surface area (Å²) in [6, 6.07) is 1.42. The van der Waals surface area contributed by atoms with E-state index in [1.54, 1.807) is 0 Å². The number of hydrogen-bond donors (Lipinski definition) is 2. The van der Waals surface area contributed by atoms with Crippen molar-refractivity contribution in [3.8, 4) is 0 Å². The largest absolute Gasteiger partial charge is 0.266 e. The second kappa shape index (κ2) is 4.90. The van der Waals surface area contributed by atoms with E-state index in [1.165, 1.54) is 12.3 Å². The number of halogens is 1. The summed E-state index contributed by atoms with van der Waals surface area (Å²) in [5.74, 6) is 0. The minimum absolute atomic E-state index is 0.0970. The Bertz CT molecular complexity index is 360. The van der Waals surface area contributed by atoms with Crippen LogP contribution in [0.2, 0.25) is 0 Å². The Hall–Kier alpha value is -0.400. The van der Waals surface area contributed by atoms with Gasteiger partial charge in [-0.15, -0.1) is 0 Å². The van der Waals surface area contributed by atoms with Gasteiger partial charge in [0.1, 0.15) is 0 Å². The third-order valence-corrected chi connectivity index (χ3v) is 3.45. The van der Waals surface area contributed by atoms with Gasteiger partial charge in [0.25, 0.3) is 10.0 Å². The molecule has 0 aromatic carbocycles. The van der Waals surface area contributed by atoms with Crippen molar-refractivity contribution in [2.24, 2.45) is 0 Å². The smallest absolute Gasteiger partial charge is 0.257 e. The molecule has 0 saturated carbocycles. The predicted molar refractivity (Wildman–Crippen MR) is 56.8 cm³/mol. The van der Waals surface area contributed by atoms with Crippen LogP contribution in [0.15, 0.2) is 17.3 Å². The van der Waals surface area contributed by atoms with Crippen molar-refractivity contribution in [3.05, 3.63) is 12.3 Å². The van der Waals surface area contributed by atoms with E-state index >= 15 is 0 Å². The highest BCUT2D eigenvalue weighted by atomic mass is 79.9. The Kier molecular flexibility index (Phi) is 4.09. The minimum Gasteiger partial charge on any atom is -0.266 e. The lowest BCUT2D eigenvalue weighted by atomic mass is 10.3. The zero-order valence-corrected chi connectivity index (χ0v) is 10.1. The first kappa shape index (κ1) is 11.7. The normalized spacial score (nSPS) is 14.1. The first-order valence-corrected chi connectivity index (χ1v) is 6.55. The molecule has 0 saturated heterocycles. The molecule has 2 N–H and O–H groups in total. The van der Waals surface area contributed by atoms with Crippen LogP contribution in [-0.4, -0.2) is 30.0 Å². The molecule has 0 amide bonds. The topological polar surface area (TPSA) is 74.8 Å². The number of nitrogens with zero attached hydrogens (tertiary/aromatic N) is 1. The van der Waals surface area contributed by atoms with Crippen molar-refractivity contribution in [1.29, 1.82) is 0 Å². The Morgan fingerprint density at radius 1 is 1.71 bits per heavy atom. The highest BCUT2D eigenvalue weighted by Crippen LogP contribution is 2.05. The number of H-pyrrole nitrogens is 1. The van der Waals surface area contributed by atoms with Crippen LogP contribution in [0.1, 0.15) is 13.3 Å². The highest BCUT2D eigenvalue weighted by Gasteiger charge is 2.14. The highest BCUT2D eigenvalue weighted by molar-refractivity contribution is 9.09. The van der Waals surface area contributed by atoms with Crippen molar-refractivity contribution in [3.63, 3.8) is 0 Å². The molecule has 0 aliphatic heterocycles. The molecule has 14 heavy (non-hydrogen) atoms. The molecule has 1 rings (SSSR count). The van der Waals surface area contributed by atoms with Gasteiger partial charge in [0.15, 0.2) is 5.03 Å². The number of rotatable bonds is 5. The fraction of sp³-hybridized carbons (Fsp3) is 0.571. The summed E-state index contributed by atoms with van der Waals surface area (Å²) in [5.41, 5.74) is 0. The van der Waals surface area contributed by atoms with E-state index in [0.717, 1.165) is 6.42 Å². The van der Waals surface area contributed by atoms with Crippen LogP contribution in [0.4, 0.5) is 0 Å². The van der Waals surface area contributed by atoms with E-state index in [-0.39, 0.29) is 5.03 Å². The van der Waals surface area contributed by atoms with Gasteiger partial charge in [-0.1, -0.05) is 22.9 Å². The molecule has 0 spiro atoms. The van der Waals surface area contributed by atoms with Crippen LogP contribution < -0.4 is 4.72 Å². The van der Waals surface area contributed by atoms with Crippen LogP contribution in [0.25, 0.3) is 0 Å². The number of aromatic nitrogens is 2. The Morgan fingerprint density at radius 3 is 2.93 bits per heavy atom. The molecule has 1 atom stereocenters. The van der Waals surface area contributed by atoms with Gasteiger partial charge in [-0.3, -0.25) is 5.10 Å². The molecule has 1 aromatic rings. The fourth-order valence-corrected chi connectivity index (χ4v) is 2.05. The molecule has 0 fully saturated rings. The summed E-state index contributed by atoms with van der Waals surface area (Å²) >= 11 is 3.34. The van der Waals surface area contributed by atoms with E-state index in [0.29, 0.717) is 11.4 Å². The molecular formula is C7H12BrN3O2S. The monoisotopic (exact) mass is 281 g/mol. The summed E-state index contributed by atoms with van der Waals surface area (Å²) in [6.07, 6.45) is 2.15. The zero-order valence-electron chi connectivity index (χ0n) is 7.70. The molecule has 0 aliphatic carbocycles. The molecule has 7 heteroatoms. The molecule has 5 nitrogen and oxygen atoms in total. The van der Waals surface area contributed by atoms with Gasteiger partial charge in [-0.25, -0.2) is 13.1 Å². The number of alkyl halides is 1. The maximum Gasteiger partial charge on any atom is 0.257 e. The zero-order chi connectivity index (χ0) is 10.6. The van der Waals surface area contributed by atoms with Gasteiger partial charge in [0, 0.05) is 11.4 Å². The average molecular weight is 282 g/mol. The van der Waals surface area contributed by atoms with Crippen molar-refractivity contribution in [2.45, 2.75) is 23.2 Å². The van der Waals surface area contributed by atoms with Crippen LogP contribution in [0, 0.1) is 0 Å². The van der Waals surface area contributed by atoms with Crippen molar-refractivity contribution < 1.29 is 8.42 Å². The van der Waals surface area contributed by atoms with Gasteiger partial charge >= 0.3 is 0 Å². The summed E-state index contributed by atoms with van der Waals surface area (Å²) in [5, 5.41) is 6.08. The molecule has 0 aliphatic rings. The number of nitrogens with one attached hydrogen (secondary N) is 2. The second-order valence-electron chi connectivity index (χ2n) is 2.89. The molecular weight excluding hydrogens is 270 g/mol. The maximum absolute atomic E-state index is 11.5. The van der Waals surface area contributed by atoms with E-state index in [9.17, 15) is 8.42 Å². The maximum atomic E-state index is 11.5. The van der Waals surface area contributed by atoms with E-state index < -0.39 is 10.0 Å². The van der Waals surface area contributed by atoms with Crippen molar-refractivity contribution in [2.75, 3.05) is 6.54 Å². The second-order valence-corrected chi connectivity index (χ2v) is 6.19. The average Bonchev–Trinajstić information content (AvgIpc) is 2.54. The third kappa shape index (κ3) is 3.39. The van der Waals surface area contributed by atoms with Gasteiger partial charge in [-0.2, -0.15) is 5.10 Å². The SMILES string of the molecule is CC(Br)CCNS(=O)(=O)c1ccn[nH]1. The standard InChI is InChI=1S/C7H12BrN3O2S/c1-6(8)2-5-10-14(12,13)7-3-4-9-11-7/h3-4,6,10H,2,5H2,1H3,(H,9,11). The quantitative estimate of drug-likeness (QED) is 0.787. The fourth-order valence-electron chi connectivity index (χ4n) is 0.863. The van der Waals surface area contributed by atoms with Gasteiger partial charge in [-0.05, 0) is 12.5 Å². The molecule has 1 heterocycles. The molecule has 0 radical (unpaired) electrons. The number of aromatic amines is 1. The summed E-state index contributed by atoms with van der Waals surface area (Å²) in [4.78, 5) is 0.298. The molecule has 0 bridgehead atoms. The van der Waals surface area contributed by atoms with Gasteiger partial charge in [0.2, 0.25) is 0 Å². The minimum atomic E-state index is -3.40. The summed E-state index contributed by atoms with van der Waals surface area (Å²) in [7, 11) is -3.40. The van der Waals surface area contributed by atoms with E-state index in [2.05, 4.69) is 30.8 Å². The van der Waals surface area contributed by atoms with Crippen molar-refractivity contribution >= 4 is 26.0 Å². The lowest BCUT2D eigenvalue weighted by molar-refractivity contribution is 0.575.